The topological polar surface area (TPSA) is 52.9 Å². The van der Waals surface area contributed by atoms with Crippen molar-refractivity contribution in [3.63, 3.8) is 0 Å². The summed E-state index contributed by atoms with van der Waals surface area (Å²) in [5.74, 6) is 0.0492. The van der Waals surface area contributed by atoms with Crippen LogP contribution in [0, 0.1) is 0 Å². The minimum Gasteiger partial charge on any atom is -0.326 e. The van der Waals surface area contributed by atoms with Crippen molar-refractivity contribution >= 4 is 17.3 Å². The zero-order valence-electron chi connectivity index (χ0n) is 6.55. The van der Waals surface area contributed by atoms with E-state index in [1.54, 1.807) is 12.1 Å². The van der Waals surface area contributed by atoms with Crippen molar-refractivity contribution in [1.29, 1.82) is 0 Å². The van der Waals surface area contributed by atoms with E-state index in [0.29, 0.717) is 18.5 Å². The van der Waals surface area contributed by atoms with Crippen LogP contribution in [0.15, 0.2) is 18.2 Å². The molecular weight excluding hydrogens is 152 g/mol. The van der Waals surface area contributed by atoms with Crippen LogP contribution < -0.4 is 11.1 Å². The maximum Gasteiger partial charge on any atom is 0.224 e. The van der Waals surface area contributed by atoms with E-state index in [9.17, 15) is 4.79 Å². The minimum absolute atomic E-state index is 0.0492. The highest BCUT2D eigenvalue weighted by Gasteiger charge is 2.15. The molecule has 2 rings (SSSR count). The SMILES string of the molecule is [NH]c1cccc2c1CCC(=O)N2. The Kier molecular flexibility index (Phi) is 1.50. The number of amides is 1. The third kappa shape index (κ3) is 1.03. The molecule has 0 atom stereocenters. The summed E-state index contributed by atoms with van der Waals surface area (Å²) in [5, 5.41) is 2.74. The van der Waals surface area contributed by atoms with Crippen LogP contribution >= 0.6 is 0 Å². The summed E-state index contributed by atoms with van der Waals surface area (Å²) in [6.07, 6.45) is 1.20. The fraction of sp³-hybridized carbons (Fsp3) is 0.222. The maximum atomic E-state index is 11.0. The summed E-state index contributed by atoms with van der Waals surface area (Å²) in [6, 6.07) is 5.37. The Hall–Kier alpha value is -1.51. The van der Waals surface area contributed by atoms with Crippen LogP contribution in [0.4, 0.5) is 11.4 Å². The molecule has 3 heteroatoms. The van der Waals surface area contributed by atoms with Gasteiger partial charge in [0.25, 0.3) is 0 Å². The average Bonchev–Trinajstić information content (AvgIpc) is 2.04. The lowest BCUT2D eigenvalue weighted by Gasteiger charge is -2.17. The van der Waals surface area contributed by atoms with Crippen LogP contribution in [0.25, 0.3) is 0 Å². The molecule has 12 heavy (non-hydrogen) atoms. The predicted octanol–water partition coefficient (Wildman–Crippen LogP) is 1.49. The van der Waals surface area contributed by atoms with Gasteiger partial charge in [0.15, 0.2) is 0 Å². The van der Waals surface area contributed by atoms with Crippen LogP contribution in [-0.4, -0.2) is 5.91 Å². The number of carbonyl (C=O) groups excluding carboxylic acids is 1. The molecule has 1 radical (unpaired) electrons. The summed E-state index contributed by atoms with van der Waals surface area (Å²) < 4.78 is 0. The second-order valence-corrected chi connectivity index (χ2v) is 2.88. The predicted molar refractivity (Wildman–Crippen MR) is 46.1 cm³/mol. The molecule has 1 aromatic rings. The summed E-state index contributed by atoms with van der Waals surface area (Å²) in [7, 11) is 0. The van der Waals surface area contributed by atoms with Gasteiger partial charge in [-0.25, -0.2) is 0 Å². The lowest BCUT2D eigenvalue weighted by Crippen LogP contribution is -2.18. The van der Waals surface area contributed by atoms with Gasteiger partial charge in [0.05, 0.1) is 5.69 Å². The number of fused-ring (bicyclic) bond motifs is 1. The highest BCUT2D eigenvalue weighted by molar-refractivity contribution is 5.94. The molecular formula is C9H9N2O. The highest BCUT2D eigenvalue weighted by atomic mass is 16.1. The second-order valence-electron chi connectivity index (χ2n) is 2.88. The van der Waals surface area contributed by atoms with E-state index >= 15 is 0 Å². The average molecular weight is 161 g/mol. The fourth-order valence-electron chi connectivity index (χ4n) is 1.42. The molecule has 0 spiro atoms. The summed E-state index contributed by atoms with van der Waals surface area (Å²) in [4.78, 5) is 11.0. The van der Waals surface area contributed by atoms with E-state index < -0.39 is 0 Å². The van der Waals surface area contributed by atoms with Crippen molar-refractivity contribution in [2.45, 2.75) is 12.8 Å². The first kappa shape index (κ1) is 7.16. The van der Waals surface area contributed by atoms with Crippen molar-refractivity contribution in [3.05, 3.63) is 23.8 Å². The lowest BCUT2D eigenvalue weighted by molar-refractivity contribution is -0.116. The number of hydrogen-bond acceptors (Lipinski definition) is 1. The van der Waals surface area contributed by atoms with Crippen molar-refractivity contribution in [2.75, 3.05) is 5.32 Å². The van der Waals surface area contributed by atoms with E-state index in [0.717, 1.165) is 11.3 Å². The van der Waals surface area contributed by atoms with Crippen molar-refractivity contribution in [2.24, 2.45) is 0 Å². The number of benzene rings is 1. The molecule has 0 fully saturated rings. The van der Waals surface area contributed by atoms with Gasteiger partial charge in [0, 0.05) is 17.7 Å². The van der Waals surface area contributed by atoms with Crippen molar-refractivity contribution < 1.29 is 4.79 Å². The summed E-state index contributed by atoms with van der Waals surface area (Å²) in [6.45, 7) is 0. The van der Waals surface area contributed by atoms with Gasteiger partial charge in [-0.1, -0.05) is 6.07 Å². The molecule has 1 amide bonds. The van der Waals surface area contributed by atoms with Gasteiger partial charge < -0.3 is 11.1 Å². The second kappa shape index (κ2) is 2.52. The third-order valence-electron chi connectivity index (χ3n) is 2.05. The standard InChI is InChI=1S/C9H9N2O/c10-7-2-1-3-8-6(7)4-5-9(12)11-8/h1-3,10H,4-5H2,(H,11,12). The number of rotatable bonds is 0. The molecule has 0 unspecified atom stereocenters. The molecule has 0 bridgehead atoms. The monoisotopic (exact) mass is 161 g/mol. The van der Waals surface area contributed by atoms with E-state index in [1.807, 2.05) is 6.07 Å². The zero-order valence-corrected chi connectivity index (χ0v) is 6.55. The van der Waals surface area contributed by atoms with E-state index in [4.69, 9.17) is 5.73 Å². The Morgan fingerprint density at radius 1 is 1.33 bits per heavy atom. The molecule has 1 aliphatic rings. The molecule has 1 aliphatic heterocycles. The Bertz CT molecular complexity index is 333. The first-order valence-electron chi connectivity index (χ1n) is 3.91. The van der Waals surface area contributed by atoms with Gasteiger partial charge in [-0.3, -0.25) is 4.79 Å². The zero-order chi connectivity index (χ0) is 8.55. The molecule has 0 saturated heterocycles. The summed E-state index contributed by atoms with van der Waals surface area (Å²) >= 11 is 0. The van der Waals surface area contributed by atoms with Crippen molar-refractivity contribution in [1.82, 2.24) is 5.73 Å². The minimum atomic E-state index is 0.0492. The highest BCUT2D eigenvalue weighted by Crippen LogP contribution is 2.27. The van der Waals surface area contributed by atoms with Gasteiger partial charge in [0.2, 0.25) is 5.91 Å². The van der Waals surface area contributed by atoms with Crippen molar-refractivity contribution in [3.8, 4) is 0 Å². The fourth-order valence-corrected chi connectivity index (χ4v) is 1.42. The largest absolute Gasteiger partial charge is 0.326 e. The van der Waals surface area contributed by atoms with Gasteiger partial charge >= 0.3 is 0 Å². The Labute approximate surface area is 70.6 Å². The van der Waals surface area contributed by atoms with Crippen LogP contribution in [0.2, 0.25) is 0 Å². The first-order chi connectivity index (χ1) is 5.77. The van der Waals surface area contributed by atoms with Gasteiger partial charge in [-0.2, -0.15) is 0 Å². The van der Waals surface area contributed by atoms with Gasteiger partial charge in [-0.05, 0) is 18.6 Å². The summed E-state index contributed by atoms with van der Waals surface area (Å²) in [5.41, 5.74) is 9.84. The molecule has 1 aromatic carbocycles. The number of hydrogen-bond donors (Lipinski definition) is 1. The number of carbonyl (C=O) groups is 1. The molecule has 0 aromatic heterocycles. The van der Waals surface area contributed by atoms with E-state index in [2.05, 4.69) is 5.32 Å². The Morgan fingerprint density at radius 2 is 2.17 bits per heavy atom. The third-order valence-corrected chi connectivity index (χ3v) is 2.05. The van der Waals surface area contributed by atoms with Crippen LogP contribution in [-0.2, 0) is 11.2 Å². The molecule has 1 heterocycles. The molecule has 61 valence electrons. The smallest absolute Gasteiger partial charge is 0.224 e. The number of anilines is 1. The molecule has 0 saturated carbocycles. The lowest BCUT2D eigenvalue weighted by atomic mass is 10.0. The first-order valence-corrected chi connectivity index (χ1v) is 3.91. The molecule has 2 N–H and O–H groups in total. The Balaban J connectivity index is 2.48. The van der Waals surface area contributed by atoms with Crippen LogP contribution in [0.3, 0.4) is 0 Å². The quantitative estimate of drug-likeness (QED) is 0.615. The molecule has 0 aliphatic carbocycles. The van der Waals surface area contributed by atoms with Crippen LogP contribution in [0.1, 0.15) is 12.0 Å². The van der Waals surface area contributed by atoms with Crippen LogP contribution in [0.5, 0.6) is 0 Å². The van der Waals surface area contributed by atoms with E-state index in [1.165, 1.54) is 0 Å². The Morgan fingerprint density at radius 3 is 3.00 bits per heavy atom. The van der Waals surface area contributed by atoms with E-state index in [-0.39, 0.29) is 5.91 Å². The molecule has 3 nitrogen and oxygen atoms in total. The maximum absolute atomic E-state index is 11.0. The van der Waals surface area contributed by atoms with Gasteiger partial charge in [-0.15, -0.1) is 0 Å². The number of nitrogens with one attached hydrogen (secondary N) is 2. The van der Waals surface area contributed by atoms with Gasteiger partial charge in [0.1, 0.15) is 0 Å². The normalized spacial score (nSPS) is 15.2.